The topological polar surface area (TPSA) is 75.3 Å². The zero-order valence-corrected chi connectivity index (χ0v) is 15.4. The largest absolute Gasteiger partial charge is 0.347 e. The lowest BCUT2D eigenvalue weighted by molar-refractivity contribution is 0.0951. The van der Waals surface area contributed by atoms with Gasteiger partial charge in [-0.05, 0) is 37.4 Å². The molecule has 1 aromatic heterocycles. The third kappa shape index (κ3) is 4.08. The van der Waals surface area contributed by atoms with Crippen molar-refractivity contribution >= 4 is 54.8 Å². The van der Waals surface area contributed by atoms with E-state index < -0.39 is 10.0 Å². The van der Waals surface area contributed by atoms with Crippen molar-refractivity contribution in [1.29, 1.82) is 0 Å². The molecule has 22 heavy (non-hydrogen) atoms. The van der Waals surface area contributed by atoms with Crippen molar-refractivity contribution < 1.29 is 13.2 Å². The van der Waals surface area contributed by atoms with E-state index in [9.17, 15) is 13.2 Å². The van der Waals surface area contributed by atoms with Crippen molar-refractivity contribution in [2.75, 3.05) is 7.05 Å². The zero-order chi connectivity index (χ0) is 16.3. The molecule has 118 valence electrons. The van der Waals surface area contributed by atoms with E-state index in [1.54, 1.807) is 24.3 Å². The van der Waals surface area contributed by atoms with Gasteiger partial charge in [-0.15, -0.1) is 11.3 Å². The molecule has 0 fully saturated rings. The molecular formula is C13H12BrClN2O3S2. The monoisotopic (exact) mass is 422 g/mol. The highest BCUT2D eigenvalue weighted by atomic mass is 79.9. The number of sulfonamides is 1. The standard InChI is InChI=1S/C13H12BrClN2O3S2/c1-16-22(19,20)12-5-3-9(21-12)7-17-13(18)10-4-2-8(14)6-11(10)15/h2-6,16H,7H2,1H3,(H,17,18). The Hall–Kier alpha value is -0.930. The predicted molar refractivity (Wildman–Crippen MR) is 90.9 cm³/mol. The van der Waals surface area contributed by atoms with Crippen molar-refractivity contribution in [1.82, 2.24) is 10.0 Å². The Bertz CT molecular complexity index is 805. The van der Waals surface area contributed by atoms with E-state index >= 15 is 0 Å². The minimum atomic E-state index is -3.45. The average Bonchev–Trinajstić information content (AvgIpc) is 2.94. The zero-order valence-electron chi connectivity index (χ0n) is 11.4. The maximum Gasteiger partial charge on any atom is 0.253 e. The summed E-state index contributed by atoms with van der Waals surface area (Å²) in [5.74, 6) is -0.316. The number of rotatable bonds is 5. The maximum atomic E-state index is 12.1. The molecule has 0 aliphatic carbocycles. The van der Waals surface area contributed by atoms with Gasteiger partial charge in [0.25, 0.3) is 5.91 Å². The third-order valence-electron chi connectivity index (χ3n) is 2.77. The fourth-order valence-electron chi connectivity index (χ4n) is 1.63. The molecule has 0 bridgehead atoms. The average molecular weight is 424 g/mol. The second kappa shape index (κ2) is 7.10. The Labute approximate surface area is 145 Å². The SMILES string of the molecule is CNS(=O)(=O)c1ccc(CNC(=O)c2ccc(Br)cc2Cl)s1. The maximum absolute atomic E-state index is 12.1. The van der Waals surface area contributed by atoms with Gasteiger partial charge >= 0.3 is 0 Å². The molecule has 9 heteroatoms. The number of hydrogen-bond acceptors (Lipinski definition) is 4. The summed E-state index contributed by atoms with van der Waals surface area (Å²) in [7, 11) is -2.10. The first-order valence-corrected chi connectivity index (χ1v) is 9.56. The summed E-state index contributed by atoms with van der Waals surface area (Å²) in [4.78, 5) is 12.8. The molecule has 0 saturated carbocycles. The molecule has 1 aromatic carbocycles. The first-order valence-electron chi connectivity index (χ1n) is 6.09. The number of nitrogens with one attached hydrogen (secondary N) is 2. The van der Waals surface area contributed by atoms with Crippen molar-refractivity contribution in [3.63, 3.8) is 0 Å². The Balaban J connectivity index is 2.06. The summed E-state index contributed by atoms with van der Waals surface area (Å²) < 4.78 is 26.5. The summed E-state index contributed by atoms with van der Waals surface area (Å²) in [6.07, 6.45) is 0. The predicted octanol–water partition coefficient (Wildman–Crippen LogP) is 3.00. The van der Waals surface area contributed by atoms with Gasteiger partial charge in [-0.2, -0.15) is 0 Å². The number of carbonyl (C=O) groups is 1. The van der Waals surface area contributed by atoms with Crippen molar-refractivity contribution in [3.05, 3.63) is 50.3 Å². The molecule has 1 heterocycles. The smallest absolute Gasteiger partial charge is 0.253 e. The molecule has 0 aliphatic heterocycles. The van der Waals surface area contributed by atoms with Crippen LogP contribution in [0.15, 0.2) is 39.0 Å². The summed E-state index contributed by atoms with van der Waals surface area (Å²) in [5, 5.41) is 3.06. The van der Waals surface area contributed by atoms with Crippen molar-refractivity contribution in [3.8, 4) is 0 Å². The van der Waals surface area contributed by atoms with E-state index in [0.29, 0.717) is 10.6 Å². The van der Waals surface area contributed by atoms with Crippen LogP contribution in [-0.4, -0.2) is 21.4 Å². The van der Waals surface area contributed by atoms with E-state index in [4.69, 9.17) is 11.6 Å². The molecule has 5 nitrogen and oxygen atoms in total. The van der Waals surface area contributed by atoms with Crippen molar-refractivity contribution in [2.45, 2.75) is 10.8 Å². The summed E-state index contributed by atoms with van der Waals surface area (Å²) in [5.41, 5.74) is 0.365. The normalized spacial score (nSPS) is 11.4. The molecule has 0 atom stereocenters. The van der Waals surface area contributed by atoms with Gasteiger partial charge in [0.05, 0.1) is 17.1 Å². The highest BCUT2D eigenvalue weighted by molar-refractivity contribution is 9.10. The van der Waals surface area contributed by atoms with Crippen molar-refractivity contribution in [2.24, 2.45) is 0 Å². The van der Waals surface area contributed by atoms with Gasteiger partial charge in [0, 0.05) is 9.35 Å². The van der Waals surface area contributed by atoms with Crippen LogP contribution in [0.1, 0.15) is 15.2 Å². The van der Waals surface area contributed by atoms with Gasteiger partial charge in [-0.3, -0.25) is 4.79 Å². The van der Waals surface area contributed by atoms with E-state index in [2.05, 4.69) is 26.0 Å². The Morgan fingerprint density at radius 3 is 2.68 bits per heavy atom. The lowest BCUT2D eigenvalue weighted by Crippen LogP contribution is -2.22. The summed E-state index contributed by atoms with van der Waals surface area (Å²) >= 11 is 10.4. The molecular weight excluding hydrogens is 412 g/mol. The Kier molecular flexibility index (Phi) is 5.62. The van der Waals surface area contributed by atoms with Crippen LogP contribution in [-0.2, 0) is 16.6 Å². The third-order valence-corrected chi connectivity index (χ3v) is 6.57. The molecule has 0 saturated heterocycles. The Morgan fingerprint density at radius 1 is 1.32 bits per heavy atom. The molecule has 2 aromatic rings. The number of halogens is 2. The van der Waals surface area contributed by atoms with E-state index in [-0.39, 0.29) is 16.7 Å². The van der Waals surface area contributed by atoms with Crippen LogP contribution in [0.4, 0.5) is 0 Å². The Morgan fingerprint density at radius 2 is 2.05 bits per heavy atom. The van der Waals surface area contributed by atoms with E-state index in [1.807, 2.05) is 0 Å². The van der Waals surface area contributed by atoms with Gasteiger partial charge < -0.3 is 5.32 Å². The van der Waals surface area contributed by atoms with Crippen LogP contribution in [0.25, 0.3) is 0 Å². The van der Waals surface area contributed by atoms with E-state index in [1.165, 1.54) is 13.1 Å². The highest BCUT2D eigenvalue weighted by Crippen LogP contribution is 2.23. The fourth-order valence-corrected chi connectivity index (χ4v) is 4.53. The van der Waals surface area contributed by atoms with Crippen LogP contribution in [0.2, 0.25) is 5.02 Å². The second-order valence-electron chi connectivity index (χ2n) is 4.24. The minimum Gasteiger partial charge on any atom is -0.347 e. The summed E-state index contributed by atoms with van der Waals surface area (Å²) in [6, 6.07) is 8.15. The number of carbonyl (C=O) groups excluding carboxylic acids is 1. The van der Waals surface area contributed by atoms with Gasteiger partial charge in [-0.1, -0.05) is 27.5 Å². The van der Waals surface area contributed by atoms with Gasteiger partial charge in [-0.25, -0.2) is 13.1 Å². The lowest BCUT2D eigenvalue weighted by Gasteiger charge is -2.06. The number of thiophene rings is 1. The molecule has 0 spiro atoms. The fraction of sp³-hybridized carbons (Fsp3) is 0.154. The van der Waals surface area contributed by atoms with Gasteiger partial charge in [0.1, 0.15) is 4.21 Å². The molecule has 1 amide bonds. The van der Waals surface area contributed by atoms with Crippen LogP contribution >= 0.6 is 38.9 Å². The highest BCUT2D eigenvalue weighted by Gasteiger charge is 2.15. The first-order chi connectivity index (χ1) is 10.3. The molecule has 0 aliphatic rings. The first kappa shape index (κ1) is 17.4. The van der Waals surface area contributed by atoms with Crippen LogP contribution in [0.3, 0.4) is 0 Å². The van der Waals surface area contributed by atoms with Crippen LogP contribution in [0.5, 0.6) is 0 Å². The molecule has 2 rings (SSSR count). The quantitative estimate of drug-likeness (QED) is 0.776. The molecule has 0 radical (unpaired) electrons. The number of amides is 1. The van der Waals surface area contributed by atoms with Gasteiger partial charge in [0.15, 0.2) is 0 Å². The lowest BCUT2D eigenvalue weighted by atomic mass is 10.2. The van der Waals surface area contributed by atoms with Crippen LogP contribution in [0, 0.1) is 0 Å². The number of benzene rings is 1. The molecule has 0 unspecified atom stereocenters. The van der Waals surface area contributed by atoms with Crippen LogP contribution < -0.4 is 10.0 Å². The minimum absolute atomic E-state index is 0.209. The van der Waals surface area contributed by atoms with E-state index in [0.717, 1.165) is 20.7 Å². The second-order valence-corrected chi connectivity index (χ2v) is 8.84. The number of hydrogen-bond donors (Lipinski definition) is 2. The summed E-state index contributed by atoms with van der Waals surface area (Å²) in [6.45, 7) is 0.231. The van der Waals surface area contributed by atoms with Gasteiger partial charge in [0.2, 0.25) is 10.0 Å². The molecule has 2 N–H and O–H groups in total.